The Labute approximate surface area is 154 Å². The van der Waals surface area contributed by atoms with Crippen molar-refractivity contribution in [1.29, 1.82) is 0 Å². The van der Waals surface area contributed by atoms with Crippen molar-refractivity contribution < 1.29 is 8.78 Å². The molecule has 126 valence electrons. The summed E-state index contributed by atoms with van der Waals surface area (Å²) in [7, 11) is 14.1. The Morgan fingerprint density at radius 3 is 1.75 bits per heavy atom. The molecule has 4 unspecified atom stereocenters. The van der Waals surface area contributed by atoms with Crippen LogP contribution in [0.25, 0.3) is 11.1 Å². The molecule has 0 radical (unpaired) electrons. The Hall–Kier alpha value is 0.150. The first-order chi connectivity index (χ1) is 11.0. The number of hydrogen-bond donors (Lipinski definition) is 0. The number of benzene rings is 2. The third-order valence-corrected chi connectivity index (χ3v) is 7.92. The summed E-state index contributed by atoms with van der Waals surface area (Å²) in [5, 5.41) is 3.32. The Kier molecular flexibility index (Phi) is 6.32. The summed E-state index contributed by atoms with van der Waals surface area (Å²) < 4.78 is 30.1. The number of halogens is 2. The average molecular weight is 398 g/mol. The molecule has 0 fully saturated rings. The molecule has 0 aromatic heterocycles. The summed E-state index contributed by atoms with van der Waals surface area (Å²) >= 11 is 0. The van der Waals surface area contributed by atoms with Crippen molar-refractivity contribution >= 4 is 84.8 Å². The van der Waals surface area contributed by atoms with Crippen LogP contribution in [0.4, 0.5) is 8.78 Å². The highest BCUT2D eigenvalue weighted by molar-refractivity contribution is 7.37. The third-order valence-electron chi connectivity index (χ3n) is 4.69. The maximum atomic E-state index is 15.1. The van der Waals surface area contributed by atoms with Gasteiger partial charge in [-0.05, 0) is 61.7 Å². The lowest BCUT2D eigenvalue weighted by Gasteiger charge is -2.24. The van der Waals surface area contributed by atoms with Crippen molar-refractivity contribution in [2.45, 2.75) is 26.7 Å². The molecule has 0 amide bonds. The van der Waals surface area contributed by atoms with E-state index in [4.69, 9.17) is 0 Å². The molecule has 0 saturated heterocycles. The van der Waals surface area contributed by atoms with E-state index in [1.807, 2.05) is 20.8 Å². The van der Waals surface area contributed by atoms with Gasteiger partial charge in [0.15, 0.2) is 0 Å². The molecule has 0 aliphatic rings. The van der Waals surface area contributed by atoms with Crippen LogP contribution in [-0.2, 0) is 0 Å². The second-order valence-corrected chi connectivity index (χ2v) is 8.79. The summed E-state index contributed by atoms with van der Waals surface area (Å²) in [6, 6.07) is 0. The van der Waals surface area contributed by atoms with Gasteiger partial charge in [0, 0.05) is 5.56 Å². The Morgan fingerprint density at radius 1 is 0.750 bits per heavy atom. The molecule has 0 aliphatic carbocycles. The Balaban J connectivity index is 3.01. The summed E-state index contributed by atoms with van der Waals surface area (Å²) in [6.07, 6.45) is 0. The van der Waals surface area contributed by atoms with Crippen molar-refractivity contribution in [3.05, 3.63) is 22.8 Å². The number of hydrogen-bond acceptors (Lipinski definition) is 0. The minimum atomic E-state index is -0.281. The summed E-state index contributed by atoms with van der Waals surface area (Å²) in [5.74, 6) is -0.470. The fourth-order valence-corrected chi connectivity index (χ4v) is 5.02. The smallest absolute Gasteiger partial charge is 0.144 e. The van der Waals surface area contributed by atoms with Crippen LogP contribution in [0.3, 0.4) is 0 Å². The zero-order valence-electron chi connectivity index (χ0n) is 14.6. The van der Waals surface area contributed by atoms with E-state index in [1.165, 1.54) is 0 Å². The van der Waals surface area contributed by atoms with Gasteiger partial charge in [0.25, 0.3) is 0 Å². The topological polar surface area (TPSA) is 0 Å². The van der Waals surface area contributed by atoms with Gasteiger partial charge in [0.2, 0.25) is 0 Å². The predicted octanol–water partition coefficient (Wildman–Crippen LogP) is -0.418. The first-order valence-electron chi connectivity index (χ1n) is 7.73. The summed E-state index contributed by atoms with van der Waals surface area (Å²) in [4.78, 5) is 0. The molecule has 0 spiro atoms. The van der Waals surface area contributed by atoms with Crippen LogP contribution in [0.15, 0.2) is 0 Å². The maximum Gasteiger partial charge on any atom is 0.144 e. The average Bonchev–Trinajstić information content (AvgIpc) is 2.52. The van der Waals surface area contributed by atoms with E-state index in [1.54, 1.807) is 15.7 Å². The van der Waals surface area contributed by atoms with Crippen LogP contribution < -0.4 is 32.1 Å². The van der Waals surface area contributed by atoms with Crippen molar-refractivity contribution in [3.63, 3.8) is 0 Å². The molecule has 0 saturated carbocycles. The van der Waals surface area contributed by atoms with Crippen molar-refractivity contribution in [2.24, 2.45) is 0 Å². The lowest BCUT2D eigenvalue weighted by molar-refractivity contribution is 0.609. The van der Waals surface area contributed by atoms with Gasteiger partial charge in [-0.15, -0.1) is 37.0 Å². The molecule has 0 N–H and O–H groups in total. The van der Waals surface area contributed by atoms with Gasteiger partial charge >= 0.3 is 0 Å². The standard InChI is InChI=1S/C16H22B2F2P4/c1-4(2)6-11(19)10(18)7(15(23)14(6)22)8-12(20)9(17)5(3)13(21)16(8)24/h4H,17-18,21-24H2,1-3H3. The van der Waals surface area contributed by atoms with Gasteiger partial charge in [-0.2, -0.15) is 0 Å². The highest BCUT2D eigenvalue weighted by atomic mass is 31.0. The molecule has 8 heteroatoms. The van der Waals surface area contributed by atoms with Crippen LogP contribution in [0.2, 0.25) is 0 Å². The molecular weight excluding hydrogens is 376 g/mol. The van der Waals surface area contributed by atoms with Gasteiger partial charge in [-0.25, -0.2) is 8.78 Å². The first-order valence-corrected chi connectivity index (χ1v) is 10.0. The number of rotatable bonds is 2. The monoisotopic (exact) mass is 398 g/mol. The lowest BCUT2D eigenvalue weighted by Crippen LogP contribution is -2.37. The van der Waals surface area contributed by atoms with Gasteiger partial charge in [0.05, 0.1) is 0 Å². The molecule has 4 atom stereocenters. The molecule has 2 aromatic rings. The van der Waals surface area contributed by atoms with Crippen molar-refractivity contribution in [2.75, 3.05) is 0 Å². The Bertz CT molecular complexity index is 793. The predicted molar refractivity (Wildman–Crippen MR) is 124 cm³/mol. The van der Waals surface area contributed by atoms with Crippen LogP contribution in [0.5, 0.6) is 0 Å². The van der Waals surface area contributed by atoms with Gasteiger partial charge in [0.1, 0.15) is 27.3 Å². The molecule has 0 nitrogen and oxygen atoms in total. The molecule has 0 bridgehead atoms. The second kappa shape index (κ2) is 7.41. The van der Waals surface area contributed by atoms with Crippen LogP contribution in [0, 0.1) is 18.6 Å². The third kappa shape index (κ3) is 3.14. The molecular formula is C16H22B2F2P4. The minimum Gasteiger partial charge on any atom is -0.207 e. The van der Waals surface area contributed by atoms with Crippen LogP contribution in [0.1, 0.15) is 30.9 Å². The van der Waals surface area contributed by atoms with E-state index in [2.05, 4.69) is 37.0 Å². The van der Waals surface area contributed by atoms with E-state index in [-0.39, 0.29) is 17.6 Å². The second-order valence-electron chi connectivity index (χ2n) is 6.48. The van der Waals surface area contributed by atoms with Crippen molar-refractivity contribution in [1.82, 2.24) is 0 Å². The van der Waals surface area contributed by atoms with E-state index >= 15 is 8.78 Å². The quantitative estimate of drug-likeness (QED) is 0.477. The van der Waals surface area contributed by atoms with Crippen LogP contribution in [-0.4, -0.2) is 15.7 Å². The fraction of sp³-hybridized carbons (Fsp3) is 0.250. The van der Waals surface area contributed by atoms with Gasteiger partial charge in [-0.3, -0.25) is 0 Å². The van der Waals surface area contributed by atoms with E-state index in [0.717, 1.165) is 26.8 Å². The summed E-state index contributed by atoms with van der Waals surface area (Å²) in [5.41, 5.74) is 3.76. The zero-order chi connectivity index (χ0) is 18.5. The molecule has 0 heterocycles. The minimum absolute atomic E-state index is 0.0573. The highest BCUT2D eigenvalue weighted by Crippen LogP contribution is 2.25. The normalized spacial score (nSPS) is 11.4. The van der Waals surface area contributed by atoms with Crippen molar-refractivity contribution in [3.8, 4) is 11.1 Å². The van der Waals surface area contributed by atoms with Gasteiger partial charge < -0.3 is 0 Å². The fourth-order valence-electron chi connectivity index (χ4n) is 3.05. The van der Waals surface area contributed by atoms with Crippen LogP contribution >= 0.6 is 37.0 Å². The molecule has 24 heavy (non-hydrogen) atoms. The summed E-state index contributed by atoms with van der Waals surface area (Å²) in [6.45, 7) is 5.83. The SMILES string of the molecule is Bc1c(C)c(P)c(P)c(-c2c(B)c(F)c(C(C)C)c(P)c2P)c1F. The van der Waals surface area contributed by atoms with E-state index in [0.29, 0.717) is 27.6 Å². The van der Waals surface area contributed by atoms with Gasteiger partial charge in [-0.1, -0.05) is 13.8 Å². The highest BCUT2D eigenvalue weighted by Gasteiger charge is 2.25. The Morgan fingerprint density at radius 2 is 1.25 bits per heavy atom. The zero-order valence-corrected chi connectivity index (χ0v) is 19.3. The molecule has 0 aliphatic heterocycles. The van der Waals surface area contributed by atoms with E-state index in [9.17, 15) is 0 Å². The molecule has 2 rings (SSSR count). The largest absolute Gasteiger partial charge is 0.207 e. The lowest BCUT2D eigenvalue weighted by atomic mass is 9.80. The first kappa shape index (κ1) is 20.5. The molecule has 2 aromatic carbocycles. The maximum absolute atomic E-state index is 15.1. The van der Waals surface area contributed by atoms with E-state index < -0.39 is 0 Å².